The number of Topliss-reactive ketones (excluding diaryl/α,β-unsaturated/α-hetero) is 1. The molecule has 0 bridgehead atoms. The van der Waals surface area contributed by atoms with Gasteiger partial charge < -0.3 is 9.47 Å². The van der Waals surface area contributed by atoms with Crippen LogP contribution in [0.2, 0.25) is 20.4 Å². The van der Waals surface area contributed by atoms with E-state index in [1.54, 1.807) is 6.07 Å². The van der Waals surface area contributed by atoms with Crippen LogP contribution >= 0.6 is 46.4 Å². The van der Waals surface area contributed by atoms with E-state index in [4.69, 9.17) is 55.9 Å². The highest BCUT2D eigenvalue weighted by atomic mass is 35.5. The van der Waals surface area contributed by atoms with Gasteiger partial charge in [-0.3, -0.25) is 4.79 Å². The largest absolute Gasteiger partial charge is 0.481 e. The van der Waals surface area contributed by atoms with E-state index in [2.05, 4.69) is 9.97 Å². The number of halogens is 7. The van der Waals surface area contributed by atoms with Gasteiger partial charge in [-0.2, -0.15) is 18.4 Å². The van der Waals surface area contributed by atoms with Crippen molar-refractivity contribution in [2.75, 3.05) is 0 Å². The molecule has 0 aliphatic heterocycles. The molecule has 2 atom stereocenters. The number of aromatic nitrogens is 2. The van der Waals surface area contributed by atoms with Crippen molar-refractivity contribution in [3.8, 4) is 23.3 Å². The topological polar surface area (TPSA) is 85.1 Å². The van der Waals surface area contributed by atoms with Crippen LogP contribution in [0.15, 0.2) is 42.5 Å². The number of benzene rings is 2. The molecule has 3 aromatic rings. The minimum Gasteiger partial charge on any atom is -0.481 e. The van der Waals surface area contributed by atoms with Gasteiger partial charge in [-0.25, -0.2) is 9.97 Å². The fourth-order valence-corrected chi connectivity index (χ4v) is 3.61. The molecule has 0 aliphatic rings. The molecule has 1 aromatic heterocycles. The van der Waals surface area contributed by atoms with Gasteiger partial charge in [-0.15, -0.1) is 0 Å². The highest BCUT2D eigenvalue weighted by Crippen LogP contribution is 2.38. The molecule has 0 saturated carbocycles. The average molecular weight is 565 g/mol. The van der Waals surface area contributed by atoms with Crippen LogP contribution in [0.1, 0.15) is 24.2 Å². The quantitative estimate of drug-likeness (QED) is 0.275. The molecule has 2 unspecified atom stereocenters. The molecule has 0 saturated heterocycles. The number of hydrogen-bond acceptors (Lipinski definition) is 6. The van der Waals surface area contributed by atoms with Gasteiger partial charge in [0.1, 0.15) is 27.6 Å². The van der Waals surface area contributed by atoms with Crippen molar-refractivity contribution < 1.29 is 27.4 Å². The summed E-state index contributed by atoms with van der Waals surface area (Å²) in [5.41, 5.74) is -0.931. The van der Waals surface area contributed by atoms with Crippen molar-refractivity contribution in [3.05, 3.63) is 74.2 Å². The van der Waals surface area contributed by atoms with Crippen molar-refractivity contribution in [2.24, 2.45) is 0 Å². The van der Waals surface area contributed by atoms with E-state index in [-0.39, 0.29) is 43.4 Å². The second-order valence-electron chi connectivity index (χ2n) is 6.93. The summed E-state index contributed by atoms with van der Waals surface area (Å²) < 4.78 is 49.7. The van der Waals surface area contributed by atoms with Crippen LogP contribution in [0.3, 0.4) is 0 Å². The lowest BCUT2D eigenvalue weighted by Gasteiger charge is -2.18. The molecule has 2 aromatic carbocycles. The first-order chi connectivity index (χ1) is 16.4. The number of alkyl halides is 3. The molecule has 0 radical (unpaired) electrons. The smallest absolute Gasteiger partial charge is 0.416 e. The first-order valence-electron chi connectivity index (χ1n) is 9.53. The maximum absolute atomic E-state index is 12.8. The van der Waals surface area contributed by atoms with Crippen molar-refractivity contribution in [2.45, 2.75) is 25.1 Å². The monoisotopic (exact) mass is 563 g/mol. The summed E-state index contributed by atoms with van der Waals surface area (Å²) in [6, 6.07) is 9.80. The van der Waals surface area contributed by atoms with Crippen molar-refractivity contribution in [1.82, 2.24) is 9.97 Å². The maximum atomic E-state index is 12.8. The van der Waals surface area contributed by atoms with Gasteiger partial charge in [0.25, 0.3) is 0 Å². The minimum atomic E-state index is -4.56. The summed E-state index contributed by atoms with van der Waals surface area (Å²) in [5.74, 6) is -2.23. The summed E-state index contributed by atoms with van der Waals surface area (Å²) in [6.45, 7) is 1.38. The molecule has 182 valence electrons. The van der Waals surface area contributed by atoms with Crippen LogP contribution in [-0.4, -0.2) is 21.9 Å². The summed E-state index contributed by atoms with van der Waals surface area (Å²) in [4.78, 5) is 20.6. The Morgan fingerprint density at radius 1 is 0.971 bits per heavy atom. The van der Waals surface area contributed by atoms with Crippen molar-refractivity contribution in [1.29, 1.82) is 5.26 Å². The maximum Gasteiger partial charge on any atom is 0.416 e. The van der Waals surface area contributed by atoms with E-state index in [9.17, 15) is 23.2 Å². The molecule has 13 heteroatoms. The second-order valence-corrected chi connectivity index (χ2v) is 8.52. The van der Waals surface area contributed by atoms with E-state index in [1.807, 2.05) is 0 Å². The Kier molecular flexibility index (Phi) is 8.34. The molecule has 0 N–H and O–H groups in total. The highest BCUT2D eigenvalue weighted by Gasteiger charge is 2.32. The average Bonchev–Trinajstić information content (AvgIpc) is 2.76. The first kappa shape index (κ1) is 26.8. The third kappa shape index (κ3) is 6.67. The zero-order valence-corrected chi connectivity index (χ0v) is 20.4. The molecule has 3 rings (SSSR count). The predicted molar refractivity (Wildman–Crippen MR) is 123 cm³/mol. The number of ether oxygens (including phenoxy) is 2. The van der Waals surface area contributed by atoms with Gasteiger partial charge in [-0.1, -0.05) is 46.4 Å². The Balaban J connectivity index is 1.80. The Bertz CT molecular complexity index is 1300. The lowest BCUT2D eigenvalue weighted by atomic mass is 10.0. The highest BCUT2D eigenvalue weighted by molar-refractivity contribution is 6.33. The Morgan fingerprint density at radius 2 is 1.63 bits per heavy atom. The summed E-state index contributed by atoms with van der Waals surface area (Å²) in [5, 5.41) is 9.23. The van der Waals surface area contributed by atoms with Gasteiger partial charge in [-0.05, 0) is 37.3 Å². The molecule has 0 spiro atoms. The molecule has 0 amide bonds. The lowest BCUT2D eigenvalue weighted by molar-refractivity contribution is -0.137. The fraction of sp³-hybridized carbons (Fsp3) is 0.182. The number of carbonyl (C=O) groups is 1. The third-order valence-electron chi connectivity index (χ3n) is 4.45. The SMILES string of the molecule is CC(Oc1cc(Oc2ccc(C(F)(F)F)cc2Cl)ccc1Cl)C(=O)C(C#N)c1nc(Cl)cc(Cl)n1. The van der Waals surface area contributed by atoms with Gasteiger partial charge in [0, 0.05) is 12.1 Å². The van der Waals surface area contributed by atoms with Crippen LogP contribution < -0.4 is 9.47 Å². The number of hydrogen-bond donors (Lipinski definition) is 0. The molecular formula is C22H12Cl4F3N3O3. The van der Waals surface area contributed by atoms with Crippen molar-refractivity contribution in [3.63, 3.8) is 0 Å². The molecular weight excluding hydrogens is 553 g/mol. The van der Waals surface area contributed by atoms with Gasteiger partial charge in [0.05, 0.1) is 21.7 Å². The Hall–Kier alpha value is -2.77. The van der Waals surface area contributed by atoms with Gasteiger partial charge >= 0.3 is 6.18 Å². The van der Waals surface area contributed by atoms with E-state index in [0.29, 0.717) is 0 Å². The van der Waals surface area contributed by atoms with E-state index in [1.165, 1.54) is 31.2 Å². The number of nitriles is 1. The summed E-state index contributed by atoms with van der Waals surface area (Å²) >= 11 is 23.7. The zero-order chi connectivity index (χ0) is 25.9. The van der Waals surface area contributed by atoms with E-state index in [0.717, 1.165) is 18.2 Å². The Morgan fingerprint density at radius 3 is 2.20 bits per heavy atom. The normalized spacial score (nSPS) is 13.0. The summed E-state index contributed by atoms with van der Waals surface area (Å²) in [6.07, 6.45) is -5.75. The van der Waals surface area contributed by atoms with Gasteiger partial charge in [0.2, 0.25) is 0 Å². The number of rotatable bonds is 7. The number of carbonyl (C=O) groups excluding carboxylic acids is 1. The van der Waals surface area contributed by atoms with Crippen LogP contribution in [0, 0.1) is 11.3 Å². The molecule has 6 nitrogen and oxygen atoms in total. The van der Waals surface area contributed by atoms with Crippen LogP contribution in [0.5, 0.6) is 17.2 Å². The van der Waals surface area contributed by atoms with Crippen LogP contribution in [0.25, 0.3) is 0 Å². The second kappa shape index (κ2) is 10.9. The molecule has 0 fully saturated rings. The zero-order valence-electron chi connectivity index (χ0n) is 17.4. The first-order valence-corrected chi connectivity index (χ1v) is 11.0. The van der Waals surface area contributed by atoms with Gasteiger partial charge in [0.15, 0.2) is 23.6 Å². The van der Waals surface area contributed by atoms with E-state index >= 15 is 0 Å². The molecule has 1 heterocycles. The van der Waals surface area contributed by atoms with Crippen LogP contribution in [0.4, 0.5) is 13.2 Å². The summed E-state index contributed by atoms with van der Waals surface area (Å²) in [7, 11) is 0. The predicted octanol–water partition coefficient (Wildman–Crippen LogP) is 7.55. The number of ketones is 1. The standard InChI is InChI=1S/C22H12Cl4F3N3O3/c1-10(20(33)13(9-30)21-31-18(25)8-19(26)32-21)34-17-7-12(3-4-14(17)23)35-16-5-2-11(6-15(16)24)22(27,28)29/h2-8,10,13H,1H3. The lowest BCUT2D eigenvalue weighted by Crippen LogP contribution is -2.30. The molecule has 0 aliphatic carbocycles. The minimum absolute atomic E-state index is 0.00906. The van der Waals surface area contributed by atoms with E-state index < -0.39 is 29.5 Å². The van der Waals surface area contributed by atoms with Crippen LogP contribution in [-0.2, 0) is 11.0 Å². The molecule has 35 heavy (non-hydrogen) atoms. The fourth-order valence-electron chi connectivity index (χ4n) is 2.79. The van der Waals surface area contributed by atoms with Crippen molar-refractivity contribution >= 4 is 52.2 Å². The third-order valence-corrected chi connectivity index (χ3v) is 5.44. The number of nitrogens with zero attached hydrogens (tertiary/aromatic N) is 3. The Labute approximate surface area is 217 Å².